The summed E-state index contributed by atoms with van der Waals surface area (Å²) in [6.07, 6.45) is -5.48. The first-order valence-electron chi connectivity index (χ1n) is 19.7. The van der Waals surface area contributed by atoms with Crippen molar-refractivity contribution in [3.8, 4) is 0 Å². The molecule has 0 spiro atoms. The number of ether oxygens (including phenoxy) is 4. The quantitative estimate of drug-likeness (QED) is 0.151. The Labute approximate surface area is 330 Å². The Morgan fingerprint density at radius 1 is 1.07 bits per heavy atom. The van der Waals surface area contributed by atoms with Crippen molar-refractivity contribution in [1.82, 2.24) is 15.2 Å². The maximum Gasteiger partial charge on any atom is 0.316 e. The lowest BCUT2D eigenvalue weighted by Crippen LogP contribution is -2.60. The molecule has 2 aliphatic rings. The molecule has 14 atom stereocenters. The van der Waals surface area contributed by atoms with E-state index >= 15 is 0 Å². The van der Waals surface area contributed by atoms with Crippen LogP contribution in [0.25, 0.3) is 10.9 Å². The number of hydrogen-bond acceptors (Lipinski definition) is 14. The molecule has 3 heterocycles. The number of fused-ring (bicyclic) bond motifs is 1. The largest absolute Gasteiger partial charge is 0.459 e. The molecule has 15 heteroatoms. The number of aliphatic hydroxyl groups excluding tert-OH is 3. The van der Waals surface area contributed by atoms with Gasteiger partial charge in [0.25, 0.3) is 0 Å². The van der Waals surface area contributed by atoms with Crippen molar-refractivity contribution >= 4 is 34.3 Å². The average molecular weight is 789 g/mol. The predicted octanol–water partition coefficient (Wildman–Crippen LogP) is 2.41. The number of esters is 1. The fraction of sp³-hybridized carbons (Fsp3) is 0.707. The minimum atomic E-state index is -2.04. The zero-order chi connectivity index (χ0) is 41.7. The molecular weight excluding hydrogens is 724 g/mol. The number of aliphatic hydroxyl groups is 4. The van der Waals surface area contributed by atoms with E-state index < -0.39 is 89.5 Å². The first-order chi connectivity index (χ1) is 26.2. The molecule has 2 saturated heterocycles. The third-order valence-corrected chi connectivity index (χ3v) is 11.5. The molecule has 4 rings (SSSR count). The summed E-state index contributed by atoms with van der Waals surface area (Å²) in [6, 6.07) is 8.41. The van der Waals surface area contributed by atoms with Gasteiger partial charge in [0.15, 0.2) is 12.1 Å². The molecule has 0 bridgehead atoms. The van der Waals surface area contributed by atoms with Gasteiger partial charge in [-0.05, 0) is 92.2 Å². The van der Waals surface area contributed by atoms with Crippen LogP contribution >= 0.6 is 0 Å². The standard InChI is InChI=1S/C41H64N4O11/c1-11-32-41(8,52)35(49)26(6)37(50)44-22(2)19-40(7,53-21-29(46)20-43-28-14-15-30-27(18-28)13-12-16-42-30)36(24(4)33(47)25(5)38(51)55-32)56-39-34(48)31(45(9)10)17-23(3)54-39/h12-16,18,22-26,29,31-32,34-36,39,43,46,48-49,52H,11,17,19-21H2,1-10H3,(H,44,50)/t22-,23-,24+,25-,26-,29+,31+,32-,34-,35-,36-,39+,40-,41-/m1/s1. The van der Waals surface area contributed by atoms with E-state index in [0.29, 0.717) is 6.42 Å². The smallest absolute Gasteiger partial charge is 0.316 e. The molecule has 314 valence electrons. The Kier molecular flexibility index (Phi) is 15.4. The Hall–Kier alpha value is -3.28. The summed E-state index contributed by atoms with van der Waals surface area (Å²) in [7, 11) is 3.68. The number of ketones is 1. The summed E-state index contributed by atoms with van der Waals surface area (Å²) in [5, 5.41) is 52.5. The van der Waals surface area contributed by atoms with Gasteiger partial charge >= 0.3 is 5.97 Å². The minimum absolute atomic E-state index is 0.0178. The van der Waals surface area contributed by atoms with Gasteiger partial charge in [0.2, 0.25) is 5.91 Å². The maximum atomic E-state index is 14.4. The number of carbonyl (C=O) groups excluding carboxylic acids is 3. The van der Waals surface area contributed by atoms with Gasteiger partial charge in [0.1, 0.15) is 23.7 Å². The van der Waals surface area contributed by atoms with Gasteiger partial charge in [-0.3, -0.25) is 19.4 Å². The van der Waals surface area contributed by atoms with E-state index in [2.05, 4.69) is 15.6 Å². The topological polar surface area (TPSA) is 209 Å². The molecule has 2 aromatic rings. The Morgan fingerprint density at radius 2 is 1.77 bits per heavy atom. The second-order valence-electron chi connectivity index (χ2n) is 16.5. The van der Waals surface area contributed by atoms with E-state index in [-0.39, 0.29) is 38.1 Å². The Morgan fingerprint density at radius 3 is 2.43 bits per heavy atom. The number of benzene rings is 1. The van der Waals surface area contributed by atoms with Crippen LogP contribution in [0, 0.1) is 17.8 Å². The molecular formula is C41H64N4O11. The van der Waals surface area contributed by atoms with Crippen LogP contribution in [0.1, 0.15) is 74.7 Å². The molecule has 1 aromatic carbocycles. The monoisotopic (exact) mass is 788 g/mol. The van der Waals surface area contributed by atoms with E-state index in [1.807, 2.05) is 56.3 Å². The molecule has 2 fully saturated rings. The number of nitrogens with zero attached hydrogens (tertiary/aromatic N) is 2. The molecule has 0 radical (unpaired) electrons. The number of amides is 1. The highest BCUT2D eigenvalue weighted by Crippen LogP contribution is 2.37. The molecule has 1 amide bonds. The van der Waals surface area contributed by atoms with Crippen LogP contribution < -0.4 is 10.6 Å². The molecule has 0 saturated carbocycles. The first kappa shape index (κ1) is 45.4. The van der Waals surface area contributed by atoms with Crippen LogP contribution in [-0.4, -0.2) is 141 Å². The number of Topliss-reactive ketones (excluding diaryl/α,β-unsaturated/α-hetero) is 1. The minimum Gasteiger partial charge on any atom is -0.459 e. The number of cyclic esters (lactones) is 1. The summed E-state index contributed by atoms with van der Waals surface area (Å²) >= 11 is 0. The number of anilines is 1. The van der Waals surface area contributed by atoms with Crippen molar-refractivity contribution in [2.75, 3.05) is 32.6 Å². The van der Waals surface area contributed by atoms with Crippen LogP contribution in [0.2, 0.25) is 0 Å². The maximum absolute atomic E-state index is 14.4. The number of carbonyl (C=O) groups is 3. The highest BCUT2D eigenvalue weighted by atomic mass is 16.7. The number of likely N-dealkylation sites (N-methyl/N-ethyl adjacent to an activating group) is 1. The molecule has 2 aliphatic heterocycles. The fourth-order valence-corrected chi connectivity index (χ4v) is 8.00. The van der Waals surface area contributed by atoms with Crippen molar-refractivity contribution < 1.29 is 53.8 Å². The van der Waals surface area contributed by atoms with Gasteiger partial charge in [-0.2, -0.15) is 0 Å². The highest BCUT2D eigenvalue weighted by molar-refractivity contribution is 6.00. The lowest BCUT2D eigenvalue weighted by molar-refractivity contribution is -0.298. The average Bonchev–Trinajstić information content (AvgIpc) is 3.15. The second-order valence-corrected chi connectivity index (χ2v) is 16.5. The summed E-state index contributed by atoms with van der Waals surface area (Å²) in [4.78, 5) is 47.8. The zero-order valence-electron chi connectivity index (χ0n) is 34.5. The lowest BCUT2D eigenvalue weighted by atomic mass is 9.79. The van der Waals surface area contributed by atoms with Crippen LogP contribution in [0.5, 0.6) is 0 Å². The summed E-state index contributed by atoms with van der Waals surface area (Å²) in [6.45, 7) is 12.5. The molecule has 0 unspecified atom stereocenters. The van der Waals surface area contributed by atoms with Crippen LogP contribution in [0.3, 0.4) is 0 Å². The molecule has 1 aromatic heterocycles. The van der Waals surface area contributed by atoms with Crippen LogP contribution in [0.4, 0.5) is 5.69 Å². The van der Waals surface area contributed by atoms with E-state index in [1.54, 1.807) is 33.9 Å². The molecule has 56 heavy (non-hydrogen) atoms. The normalized spacial score (nSPS) is 37.3. The first-order valence-corrected chi connectivity index (χ1v) is 19.7. The van der Waals surface area contributed by atoms with Crippen LogP contribution in [-0.2, 0) is 33.3 Å². The van der Waals surface area contributed by atoms with Gasteiger partial charge < -0.3 is 54.9 Å². The van der Waals surface area contributed by atoms with Gasteiger partial charge in [0, 0.05) is 41.8 Å². The fourth-order valence-electron chi connectivity index (χ4n) is 8.00. The van der Waals surface area contributed by atoms with E-state index in [4.69, 9.17) is 18.9 Å². The molecule has 6 N–H and O–H groups in total. The zero-order valence-corrected chi connectivity index (χ0v) is 34.5. The number of nitrogens with one attached hydrogen (secondary N) is 2. The van der Waals surface area contributed by atoms with Crippen molar-refractivity contribution in [2.45, 2.75) is 141 Å². The van der Waals surface area contributed by atoms with Gasteiger partial charge in [-0.25, -0.2) is 0 Å². The highest BCUT2D eigenvalue weighted by Gasteiger charge is 2.51. The van der Waals surface area contributed by atoms with E-state index in [0.717, 1.165) is 16.6 Å². The second kappa shape index (κ2) is 19.0. The van der Waals surface area contributed by atoms with Crippen molar-refractivity contribution in [3.05, 3.63) is 36.5 Å². The Bertz CT molecular complexity index is 1640. The SMILES string of the molecule is CC[C@H]1OC(=O)[C@H](C)C(=O)[C@H](C)[C@@H](O[C@@H]2O[C@H](C)C[C@H](N(C)C)[C@H]2O)[C@](C)(OC[C@@H](O)CNc2ccc3ncccc3c2)C[C@@H](C)NC(=O)[C@H](C)[C@@H](O)[C@]1(C)O. The molecule has 0 aliphatic carbocycles. The third kappa shape index (κ3) is 10.6. The Balaban J connectivity index is 1.72. The summed E-state index contributed by atoms with van der Waals surface area (Å²) in [5.74, 6) is -5.66. The van der Waals surface area contributed by atoms with Crippen LogP contribution in [0.15, 0.2) is 36.5 Å². The summed E-state index contributed by atoms with van der Waals surface area (Å²) in [5.41, 5.74) is -1.92. The van der Waals surface area contributed by atoms with E-state index in [1.165, 1.54) is 20.8 Å². The third-order valence-electron chi connectivity index (χ3n) is 11.5. The van der Waals surface area contributed by atoms with E-state index in [9.17, 15) is 34.8 Å². The summed E-state index contributed by atoms with van der Waals surface area (Å²) < 4.78 is 25.1. The predicted molar refractivity (Wildman–Crippen MR) is 209 cm³/mol. The van der Waals surface area contributed by atoms with Gasteiger partial charge in [0.05, 0.1) is 48.1 Å². The number of aromatic nitrogens is 1. The van der Waals surface area contributed by atoms with Crippen molar-refractivity contribution in [2.24, 2.45) is 17.8 Å². The van der Waals surface area contributed by atoms with Crippen molar-refractivity contribution in [3.63, 3.8) is 0 Å². The molecule has 15 nitrogen and oxygen atoms in total. The van der Waals surface area contributed by atoms with Gasteiger partial charge in [-0.15, -0.1) is 0 Å². The number of pyridine rings is 1. The van der Waals surface area contributed by atoms with Crippen molar-refractivity contribution in [1.29, 1.82) is 0 Å². The van der Waals surface area contributed by atoms with Gasteiger partial charge in [-0.1, -0.05) is 26.8 Å². The lowest BCUT2D eigenvalue weighted by Gasteiger charge is -2.47. The number of hydrogen-bond donors (Lipinski definition) is 6. The number of rotatable bonds is 10.